The van der Waals surface area contributed by atoms with E-state index < -0.39 is 36.5 Å². The lowest BCUT2D eigenvalue weighted by atomic mass is 9.97. The molecule has 2 rings (SSSR count). The lowest BCUT2D eigenvalue weighted by Crippen LogP contribution is -2.46. The van der Waals surface area contributed by atoms with E-state index in [1.54, 1.807) is 6.92 Å². The number of benzene rings is 1. The van der Waals surface area contributed by atoms with Crippen molar-refractivity contribution in [3.05, 3.63) is 40.4 Å². The molecule has 0 aliphatic carbocycles. The highest BCUT2D eigenvalue weighted by Crippen LogP contribution is 2.40. The number of halogens is 4. The first kappa shape index (κ1) is 23.0. The van der Waals surface area contributed by atoms with Crippen LogP contribution >= 0.6 is 15.9 Å². The molecule has 0 aliphatic heterocycles. The molecule has 0 fully saturated rings. The van der Waals surface area contributed by atoms with Crippen LogP contribution in [0.1, 0.15) is 29.5 Å². The molecule has 2 N–H and O–H groups in total. The molecule has 0 bridgehead atoms. The first-order valence-corrected chi connectivity index (χ1v) is 9.39. The van der Waals surface area contributed by atoms with Gasteiger partial charge in [-0.15, -0.1) is 0 Å². The van der Waals surface area contributed by atoms with Gasteiger partial charge >= 0.3 is 6.18 Å². The summed E-state index contributed by atoms with van der Waals surface area (Å²) in [5, 5.41) is 12.7. The summed E-state index contributed by atoms with van der Waals surface area (Å²) < 4.78 is 52.7. The van der Waals surface area contributed by atoms with Crippen molar-refractivity contribution < 1.29 is 32.5 Å². The van der Waals surface area contributed by atoms with E-state index in [4.69, 9.17) is 9.47 Å². The van der Waals surface area contributed by atoms with Crippen molar-refractivity contribution in [1.82, 2.24) is 14.9 Å². The molecular weight excluding hydrogens is 459 g/mol. The minimum atomic E-state index is -4.97. The summed E-state index contributed by atoms with van der Waals surface area (Å²) in [5.41, 5.74) is -3.04. The van der Waals surface area contributed by atoms with Gasteiger partial charge in [-0.05, 0) is 35.0 Å². The van der Waals surface area contributed by atoms with Crippen LogP contribution in [0, 0.1) is 0 Å². The molecule has 0 aliphatic rings. The fraction of sp³-hybridized carbons (Fsp3) is 0.444. The molecule has 0 saturated heterocycles. The highest BCUT2D eigenvalue weighted by Gasteiger charge is 2.57. The van der Waals surface area contributed by atoms with Crippen LogP contribution in [0.2, 0.25) is 0 Å². The number of hydrogen-bond acceptors (Lipinski definition) is 5. The van der Waals surface area contributed by atoms with Crippen LogP contribution in [0.5, 0.6) is 11.5 Å². The van der Waals surface area contributed by atoms with Gasteiger partial charge in [0.05, 0.1) is 18.2 Å². The number of imidazole rings is 1. The first-order valence-electron chi connectivity index (χ1n) is 8.60. The van der Waals surface area contributed by atoms with Gasteiger partial charge in [-0.3, -0.25) is 4.79 Å². The molecule has 1 aromatic carbocycles. The lowest BCUT2D eigenvalue weighted by Gasteiger charge is -2.30. The van der Waals surface area contributed by atoms with E-state index in [-0.39, 0.29) is 5.56 Å². The second-order valence-corrected chi connectivity index (χ2v) is 7.00. The molecule has 2 aromatic rings. The SMILES string of the molecule is CCOc1c(Br)cc(C(=O)NCCC(O)(c2nccn2C)C(F)(F)F)cc1OC. The highest BCUT2D eigenvalue weighted by atomic mass is 79.9. The number of amides is 1. The lowest BCUT2D eigenvalue weighted by molar-refractivity contribution is -0.272. The Hall–Kier alpha value is -2.27. The molecule has 29 heavy (non-hydrogen) atoms. The van der Waals surface area contributed by atoms with Crippen molar-refractivity contribution >= 4 is 21.8 Å². The third-order valence-corrected chi connectivity index (χ3v) is 4.80. The largest absolute Gasteiger partial charge is 0.493 e. The number of aromatic nitrogens is 2. The molecule has 1 atom stereocenters. The molecule has 0 saturated carbocycles. The number of aliphatic hydroxyl groups is 1. The second-order valence-electron chi connectivity index (χ2n) is 6.15. The van der Waals surface area contributed by atoms with Crippen molar-refractivity contribution in [2.24, 2.45) is 7.05 Å². The Bertz CT molecular complexity index is 873. The fourth-order valence-corrected chi connectivity index (χ4v) is 3.30. The normalized spacial score (nSPS) is 13.7. The molecule has 7 nitrogen and oxygen atoms in total. The van der Waals surface area contributed by atoms with Gasteiger partial charge in [0.2, 0.25) is 5.60 Å². The quantitative estimate of drug-likeness (QED) is 0.607. The predicted octanol–water partition coefficient (Wildman–Crippen LogP) is 3.16. The van der Waals surface area contributed by atoms with Gasteiger partial charge in [-0.1, -0.05) is 0 Å². The standard InChI is InChI=1S/C18H21BrF3N3O4/c1-4-29-14-12(19)9-11(10-13(14)28-3)15(26)23-6-5-17(27,18(20,21)22)16-24-7-8-25(16)2/h7-10,27H,4-6H2,1-3H3,(H,23,26). The second kappa shape index (κ2) is 9.04. The third kappa shape index (κ3) is 4.84. The predicted molar refractivity (Wildman–Crippen MR) is 102 cm³/mol. The number of ether oxygens (including phenoxy) is 2. The van der Waals surface area contributed by atoms with Gasteiger partial charge in [0.15, 0.2) is 11.5 Å². The average Bonchev–Trinajstić information content (AvgIpc) is 3.08. The maximum absolute atomic E-state index is 13.5. The van der Waals surface area contributed by atoms with Crippen molar-refractivity contribution in [1.29, 1.82) is 0 Å². The van der Waals surface area contributed by atoms with Crippen molar-refractivity contribution in [2.45, 2.75) is 25.1 Å². The van der Waals surface area contributed by atoms with Crippen molar-refractivity contribution in [3.63, 3.8) is 0 Å². The van der Waals surface area contributed by atoms with Crippen LogP contribution in [0.3, 0.4) is 0 Å². The molecule has 1 unspecified atom stereocenters. The van der Waals surface area contributed by atoms with Gasteiger partial charge in [-0.25, -0.2) is 4.98 Å². The smallest absolute Gasteiger partial charge is 0.424 e. The minimum absolute atomic E-state index is 0.157. The van der Waals surface area contributed by atoms with Crippen LogP contribution in [-0.4, -0.2) is 47.0 Å². The summed E-state index contributed by atoms with van der Waals surface area (Å²) in [6.45, 7) is 1.73. The Labute approximate surface area is 174 Å². The van der Waals surface area contributed by atoms with E-state index in [9.17, 15) is 23.1 Å². The van der Waals surface area contributed by atoms with Crippen LogP contribution in [0.15, 0.2) is 29.0 Å². The number of carbonyl (C=O) groups excluding carboxylic acids is 1. The molecule has 1 amide bonds. The third-order valence-electron chi connectivity index (χ3n) is 4.21. The van der Waals surface area contributed by atoms with Gasteiger partial charge in [0, 0.05) is 38.0 Å². The van der Waals surface area contributed by atoms with Crippen molar-refractivity contribution in [2.75, 3.05) is 20.3 Å². The van der Waals surface area contributed by atoms with E-state index in [1.165, 1.54) is 32.5 Å². The summed E-state index contributed by atoms with van der Waals surface area (Å²) in [6, 6.07) is 2.89. The number of alkyl halides is 3. The Morgan fingerprint density at radius 1 is 1.38 bits per heavy atom. The molecular formula is C18H21BrF3N3O4. The molecule has 1 heterocycles. The molecule has 160 valence electrons. The fourth-order valence-electron chi connectivity index (χ4n) is 2.74. The number of nitrogens with one attached hydrogen (secondary N) is 1. The highest BCUT2D eigenvalue weighted by molar-refractivity contribution is 9.10. The molecule has 0 radical (unpaired) electrons. The summed E-state index contributed by atoms with van der Waals surface area (Å²) in [6.07, 6.45) is -3.31. The van der Waals surface area contributed by atoms with Gasteiger partial charge in [0.25, 0.3) is 5.91 Å². The Balaban J connectivity index is 2.16. The summed E-state index contributed by atoms with van der Waals surface area (Å²) in [5.74, 6) is -0.472. The maximum Gasteiger partial charge on any atom is 0.424 e. The molecule has 0 spiro atoms. The first-order chi connectivity index (χ1) is 13.5. The van der Waals surface area contributed by atoms with Gasteiger partial charge in [-0.2, -0.15) is 13.2 Å². The Kier molecular flexibility index (Phi) is 7.17. The van der Waals surface area contributed by atoms with E-state index in [1.807, 2.05) is 0 Å². The minimum Gasteiger partial charge on any atom is -0.493 e. The van der Waals surface area contributed by atoms with Crippen LogP contribution in [0.4, 0.5) is 13.2 Å². The van der Waals surface area contributed by atoms with E-state index in [0.717, 1.165) is 10.8 Å². The summed E-state index contributed by atoms with van der Waals surface area (Å²) in [7, 11) is 2.75. The van der Waals surface area contributed by atoms with Crippen molar-refractivity contribution in [3.8, 4) is 11.5 Å². The summed E-state index contributed by atoms with van der Waals surface area (Å²) in [4.78, 5) is 16.0. The molecule has 11 heteroatoms. The van der Waals surface area contributed by atoms with E-state index in [2.05, 4.69) is 26.2 Å². The summed E-state index contributed by atoms with van der Waals surface area (Å²) >= 11 is 3.28. The average molecular weight is 480 g/mol. The molecule has 1 aromatic heterocycles. The number of methoxy groups -OCH3 is 1. The number of rotatable bonds is 8. The van der Waals surface area contributed by atoms with Gasteiger partial charge in [0.1, 0.15) is 5.82 Å². The maximum atomic E-state index is 13.5. The number of hydrogen-bond donors (Lipinski definition) is 2. The zero-order valence-electron chi connectivity index (χ0n) is 16.0. The monoisotopic (exact) mass is 479 g/mol. The van der Waals surface area contributed by atoms with Gasteiger partial charge < -0.3 is 24.5 Å². The van der Waals surface area contributed by atoms with Crippen LogP contribution < -0.4 is 14.8 Å². The zero-order chi connectivity index (χ0) is 21.8. The number of carbonyl (C=O) groups is 1. The Morgan fingerprint density at radius 2 is 2.07 bits per heavy atom. The van der Waals surface area contributed by atoms with Crippen LogP contribution in [-0.2, 0) is 12.6 Å². The zero-order valence-corrected chi connectivity index (χ0v) is 17.6. The van der Waals surface area contributed by atoms with Crippen LogP contribution in [0.25, 0.3) is 0 Å². The topological polar surface area (TPSA) is 85.6 Å². The Morgan fingerprint density at radius 3 is 2.59 bits per heavy atom. The number of aryl methyl sites for hydroxylation is 1. The van der Waals surface area contributed by atoms with E-state index in [0.29, 0.717) is 22.6 Å². The van der Waals surface area contributed by atoms with E-state index >= 15 is 0 Å². The number of nitrogens with zero attached hydrogens (tertiary/aromatic N) is 2.